The molecule has 0 aliphatic heterocycles. The van der Waals surface area contributed by atoms with Crippen LogP contribution in [0, 0.1) is 0 Å². The van der Waals surface area contributed by atoms with Crippen molar-refractivity contribution in [2.45, 2.75) is 6.54 Å². The number of ether oxygens (including phenoxy) is 1. The van der Waals surface area contributed by atoms with E-state index in [1.165, 1.54) is 6.07 Å². The number of aromatic carboxylic acids is 1. The first-order valence-corrected chi connectivity index (χ1v) is 6.04. The fraction of sp³-hybridized carbons (Fsp3) is 0.133. The number of anilines is 1. The first-order chi connectivity index (χ1) is 9.61. The van der Waals surface area contributed by atoms with Crippen LogP contribution in [0.25, 0.3) is 0 Å². The molecule has 0 heterocycles. The fourth-order valence-corrected chi connectivity index (χ4v) is 1.84. The molecule has 0 bridgehead atoms. The molecule has 3 N–H and O–H groups in total. The van der Waals surface area contributed by atoms with E-state index in [0.717, 1.165) is 0 Å². The van der Waals surface area contributed by atoms with Gasteiger partial charge in [-0.15, -0.1) is 0 Å². The Bertz CT molecular complexity index is 625. The molecule has 0 saturated heterocycles. The van der Waals surface area contributed by atoms with E-state index in [-0.39, 0.29) is 11.3 Å². The van der Waals surface area contributed by atoms with E-state index in [4.69, 9.17) is 9.84 Å². The largest absolute Gasteiger partial charge is 0.508 e. The summed E-state index contributed by atoms with van der Waals surface area (Å²) in [7, 11) is 1.54. The van der Waals surface area contributed by atoms with Gasteiger partial charge in [-0.1, -0.05) is 12.1 Å². The maximum Gasteiger partial charge on any atom is 0.337 e. The first-order valence-electron chi connectivity index (χ1n) is 6.04. The predicted octanol–water partition coefficient (Wildman–Crippen LogP) is 2.71. The first kappa shape index (κ1) is 13.7. The number of hydrogen-bond acceptors (Lipinski definition) is 4. The van der Waals surface area contributed by atoms with Crippen LogP contribution in [0.5, 0.6) is 11.5 Å². The van der Waals surface area contributed by atoms with Gasteiger partial charge >= 0.3 is 5.97 Å². The van der Waals surface area contributed by atoms with Crippen LogP contribution < -0.4 is 10.1 Å². The van der Waals surface area contributed by atoms with Gasteiger partial charge in [0.05, 0.1) is 12.7 Å². The Morgan fingerprint density at radius 1 is 1.25 bits per heavy atom. The van der Waals surface area contributed by atoms with Crippen molar-refractivity contribution in [3.63, 3.8) is 0 Å². The summed E-state index contributed by atoms with van der Waals surface area (Å²) < 4.78 is 5.09. The molecule has 0 amide bonds. The summed E-state index contributed by atoms with van der Waals surface area (Å²) in [5, 5.41) is 21.9. The van der Waals surface area contributed by atoms with Crippen molar-refractivity contribution in [2.75, 3.05) is 12.4 Å². The molecule has 0 aliphatic carbocycles. The number of rotatable bonds is 5. The van der Waals surface area contributed by atoms with Crippen LogP contribution in [-0.2, 0) is 6.54 Å². The summed E-state index contributed by atoms with van der Waals surface area (Å²) in [6, 6.07) is 11.5. The third-order valence-corrected chi connectivity index (χ3v) is 2.91. The van der Waals surface area contributed by atoms with Crippen molar-refractivity contribution in [3.05, 3.63) is 53.6 Å². The molecule has 0 unspecified atom stereocenters. The minimum atomic E-state index is -0.997. The van der Waals surface area contributed by atoms with Crippen LogP contribution in [0.3, 0.4) is 0 Å². The molecule has 0 radical (unpaired) electrons. The summed E-state index contributed by atoms with van der Waals surface area (Å²) in [6.45, 7) is 0.299. The highest BCUT2D eigenvalue weighted by molar-refractivity contribution is 5.94. The van der Waals surface area contributed by atoms with Gasteiger partial charge in [0.25, 0.3) is 0 Å². The van der Waals surface area contributed by atoms with Gasteiger partial charge < -0.3 is 20.3 Å². The number of phenolic OH excluding ortho intramolecular Hbond substituents is 1. The molecule has 0 atom stereocenters. The maximum atomic E-state index is 11.1. The molecule has 0 aromatic heterocycles. The second-order valence-electron chi connectivity index (χ2n) is 4.20. The normalized spacial score (nSPS) is 10.1. The lowest BCUT2D eigenvalue weighted by Crippen LogP contribution is -2.06. The number of carboxylic acid groups (broad SMARTS) is 1. The number of methoxy groups -OCH3 is 1. The zero-order chi connectivity index (χ0) is 14.5. The Hall–Kier alpha value is -2.69. The number of nitrogens with one attached hydrogen (secondary N) is 1. The van der Waals surface area contributed by atoms with Crippen LogP contribution in [0.1, 0.15) is 15.9 Å². The zero-order valence-corrected chi connectivity index (χ0v) is 11.0. The summed E-state index contributed by atoms with van der Waals surface area (Å²) in [4.78, 5) is 11.1. The molecule has 5 nitrogen and oxygen atoms in total. The highest BCUT2D eigenvalue weighted by Gasteiger charge is 2.09. The molecule has 0 fully saturated rings. The highest BCUT2D eigenvalue weighted by atomic mass is 16.5. The number of carbonyl (C=O) groups is 1. The van der Waals surface area contributed by atoms with Crippen LogP contribution >= 0.6 is 0 Å². The summed E-state index contributed by atoms with van der Waals surface area (Å²) >= 11 is 0. The van der Waals surface area contributed by atoms with E-state index in [2.05, 4.69) is 5.32 Å². The molecule has 2 aromatic carbocycles. The minimum absolute atomic E-state index is 0.131. The smallest absolute Gasteiger partial charge is 0.337 e. The average molecular weight is 273 g/mol. The standard InChI is InChI=1S/C15H15NO4/c1-20-11-6-7-14(17)10(8-11)9-16-13-5-3-2-4-12(13)15(18)19/h2-8,16-17H,9H2,1H3,(H,18,19). The molecular formula is C15H15NO4. The van der Waals surface area contributed by atoms with Gasteiger partial charge in [0.1, 0.15) is 11.5 Å². The molecular weight excluding hydrogens is 258 g/mol. The van der Waals surface area contributed by atoms with Gasteiger partial charge in [-0.05, 0) is 30.3 Å². The van der Waals surface area contributed by atoms with Crippen LogP contribution in [-0.4, -0.2) is 23.3 Å². The van der Waals surface area contributed by atoms with Gasteiger partial charge in [0.15, 0.2) is 0 Å². The van der Waals surface area contributed by atoms with Crippen LogP contribution in [0.2, 0.25) is 0 Å². The van der Waals surface area contributed by atoms with Gasteiger partial charge in [-0.25, -0.2) is 4.79 Å². The Morgan fingerprint density at radius 2 is 2.00 bits per heavy atom. The van der Waals surface area contributed by atoms with Crippen molar-refractivity contribution in [1.82, 2.24) is 0 Å². The van der Waals surface area contributed by atoms with E-state index < -0.39 is 5.97 Å². The summed E-state index contributed by atoms with van der Waals surface area (Å²) in [5.41, 5.74) is 1.32. The van der Waals surface area contributed by atoms with E-state index in [1.807, 2.05) is 0 Å². The lowest BCUT2D eigenvalue weighted by molar-refractivity contribution is 0.0698. The Morgan fingerprint density at radius 3 is 2.70 bits per heavy atom. The summed E-state index contributed by atoms with van der Waals surface area (Å²) in [5.74, 6) is -0.236. The van der Waals surface area contributed by atoms with Crippen LogP contribution in [0.15, 0.2) is 42.5 Å². The average Bonchev–Trinajstić information content (AvgIpc) is 2.46. The molecule has 2 rings (SSSR count). The Labute approximate surface area is 116 Å². The number of phenols is 1. The Kier molecular flexibility index (Phi) is 4.10. The lowest BCUT2D eigenvalue weighted by atomic mass is 10.1. The number of carboxylic acids is 1. The number of benzene rings is 2. The maximum absolute atomic E-state index is 11.1. The number of para-hydroxylation sites is 1. The SMILES string of the molecule is COc1ccc(O)c(CNc2ccccc2C(=O)O)c1. The molecule has 0 saturated carbocycles. The van der Waals surface area contributed by atoms with E-state index >= 15 is 0 Å². The van der Waals surface area contributed by atoms with E-state index in [1.54, 1.807) is 43.5 Å². The second kappa shape index (κ2) is 5.97. The highest BCUT2D eigenvalue weighted by Crippen LogP contribution is 2.24. The van der Waals surface area contributed by atoms with E-state index in [9.17, 15) is 9.90 Å². The topological polar surface area (TPSA) is 78.8 Å². The zero-order valence-electron chi connectivity index (χ0n) is 11.0. The monoisotopic (exact) mass is 273 g/mol. The van der Waals surface area contributed by atoms with Gasteiger partial charge in [-0.3, -0.25) is 0 Å². The molecule has 0 spiro atoms. The molecule has 0 aliphatic rings. The van der Waals surface area contributed by atoms with Gasteiger partial charge in [0, 0.05) is 17.8 Å². The number of aromatic hydroxyl groups is 1. The van der Waals surface area contributed by atoms with Gasteiger partial charge in [-0.2, -0.15) is 0 Å². The molecule has 5 heteroatoms. The minimum Gasteiger partial charge on any atom is -0.508 e. The second-order valence-corrected chi connectivity index (χ2v) is 4.20. The Balaban J connectivity index is 2.19. The predicted molar refractivity (Wildman–Crippen MR) is 75.4 cm³/mol. The lowest BCUT2D eigenvalue weighted by Gasteiger charge is -2.11. The molecule has 2 aromatic rings. The third kappa shape index (κ3) is 3.00. The van der Waals surface area contributed by atoms with Crippen molar-refractivity contribution in [3.8, 4) is 11.5 Å². The fourth-order valence-electron chi connectivity index (χ4n) is 1.84. The van der Waals surface area contributed by atoms with Crippen molar-refractivity contribution >= 4 is 11.7 Å². The van der Waals surface area contributed by atoms with Crippen molar-refractivity contribution in [1.29, 1.82) is 0 Å². The molecule has 104 valence electrons. The number of hydrogen-bond donors (Lipinski definition) is 3. The van der Waals surface area contributed by atoms with E-state index in [0.29, 0.717) is 23.5 Å². The third-order valence-electron chi connectivity index (χ3n) is 2.91. The quantitative estimate of drug-likeness (QED) is 0.780. The molecule has 20 heavy (non-hydrogen) atoms. The van der Waals surface area contributed by atoms with Crippen LogP contribution in [0.4, 0.5) is 5.69 Å². The van der Waals surface area contributed by atoms with Crippen molar-refractivity contribution in [2.24, 2.45) is 0 Å². The summed E-state index contributed by atoms with van der Waals surface area (Å²) in [6.07, 6.45) is 0. The van der Waals surface area contributed by atoms with Gasteiger partial charge in [0.2, 0.25) is 0 Å². The van der Waals surface area contributed by atoms with Crippen molar-refractivity contribution < 1.29 is 19.7 Å².